The van der Waals surface area contributed by atoms with Gasteiger partial charge in [0.1, 0.15) is 17.3 Å². The molecule has 7 nitrogen and oxygen atoms in total. The summed E-state index contributed by atoms with van der Waals surface area (Å²) >= 11 is 0. The van der Waals surface area contributed by atoms with Crippen molar-refractivity contribution < 1.29 is 24.2 Å². The minimum Gasteiger partial charge on any atom is -0.507 e. The number of nitrogens with zero attached hydrogens (tertiary/aromatic N) is 2. The molecule has 0 saturated carbocycles. The molecule has 0 aromatic heterocycles. The quantitative estimate of drug-likeness (QED) is 0.226. The van der Waals surface area contributed by atoms with Crippen LogP contribution in [0.2, 0.25) is 0 Å². The van der Waals surface area contributed by atoms with E-state index in [1.54, 1.807) is 72.8 Å². The van der Waals surface area contributed by atoms with E-state index in [1.807, 2.05) is 13.8 Å². The van der Waals surface area contributed by atoms with Crippen LogP contribution in [-0.4, -0.2) is 29.5 Å². The minimum atomic E-state index is -0.882. The molecule has 1 aliphatic rings. The highest BCUT2D eigenvalue weighted by Crippen LogP contribution is 2.42. The lowest BCUT2D eigenvalue weighted by atomic mass is 9.95. The van der Waals surface area contributed by atoms with Crippen molar-refractivity contribution in [3.05, 3.63) is 95.1 Å². The number of amides is 1. The first-order valence-corrected chi connectivity index (χ1v) is 12.5. The van der Waals surface area contributed by atoms with E-state index in [1.165, 1.54) is 4.90 Å². The first kappa shape index (κ1) is 26.5. The zero-order valence-electron chi connectivity index (χ0n) is 21.8. The second kappa shape index (κ2) is 11.2. The first-order valence-electron chi connectivity index (χ1n) is 12.5. The molecule has 3 aromatic carbocycles. The number of carbonyl (C=O) groups excluding carboxylic acids is 2. The van der Waals surface area contributed by atoms with E-state index in [2.05, 4.69) is 19.9 Å². The number of ketones is 1. The number of rotatable bonds is 8. The number of carbonyl (C=O) groups is 2. The fourth-order valence-corrected chi connectivity index (χ4v) is 4.24. The second-order valence-electron chi connectivity index (χ2n) is 9.79. The molecule has 1 saturated heterocycles. The SMILES string of the molecule is CC(C)COc1ccc(/C(O)=C2\C(=O)C(=O)N(c3ccc(C#N)cc3)C2c2ccc(OC(C)C)cc2)cc1. The van der Waals surface area contributed by atoms with Crippen LogP contribution in [0.5, 0.6) is 11.5 Å². The van der Waals surface area contributed by atoms with E-state index in [0.29, 0.717) is 46.4 Å². The molecule has 7 heteroatoms. The Bertz CT molecular complexity index is 1380. The molecule has 0 radical (unpaired) electrons. The fourth-order valence-electron chi connectivity index (χ4n) is 4.24. The monoisotopic (exact) mass is 510 g/mol. The summed E-state index contributed by atoms with van der Waals surface area (Å²) in [5.74, 6) is -0.178. The Morgan fingerprint density at radius 1 is 0.921 bits per heavy atom. The number of ether oxygens (including phenoxy) is 2. The van der Waals surface area contributed by atoms with Crippen LogP contribution in [-0.2, 0) is 9.59 Å². The normalized spacial score (nSPS) is 16.7. The molecular formula is C31H30N2O5. The Hall–Kier alpha value is -4.57. The summed E-state index contributed by atoms with van der Waals surface area (Å²) in [6, 6.07) is 21.5. The largest absolute Gasteiger partial charge is 0.507 e. The van der Waals surface area contributed by atoms with Crippen LogP contribution < -0.4 is 14.4 Å². The zero-order chi connectivity index (χ0) is 27.4. The van der Waals surface area contributed by atoms with Crippen LogP contribution in [0.15, 0.2) is 78.4 Å². The van der Waals surface area contributed by atoms with Crippen LogP contribution in [0.4, 0.5) is 5.69 Å². The Morgan fingerprint density at radius 2 is 1.53 bits per heavy atom. The summed E-state index contributed by atoms with van der Waals surface area (Å²) in [4.78, 5) is 28.0. The number of nitriles is 1. The van der Waals surface area contributed by atoms with Gasteiger partial charge >= 0.3 is 0 Å². The topological polar surface area (TPSA) is 99.9 Å². The van der Waals surface area contributed by atoms with Gasteiger partial charge in [-0.05, 0) is 86.0 Å². The van der Waals surface area contributed by atoms with Crippen molar-refractivity contribution in [3.8, 4) is 17.6 Å². The standard InChI is InChI=1S/C31H30N2O5/c1-19(2)18-37-25-13-9-23(10-14-25)29(34)27-28(22-7-15-26(16-8-22)38-20(3)4)33(31(36)30(27)35)24-11-5-21(17-32)6-12-24/h5-16,19-20,28,34H,18H2,1-4H3/b29-27+. The van der Waals surface area contributed by atoms with Crippen molar-refractivity contribution >= 4 is 23.1 Å². The number of benzene rings is 3. The lowest BCUT2D eigenvalue weighted by Crippen LogP contribution is -2.29. The molecule has 194 valence electrons. The molecule has 3 aromatic rings. The van der Waals surface area contributed by atoms with Gasteiger partial charge in [0.15, 0.2) is 0 Å². The molecule has 1 amide bonds. The van der Waals surface area contributed by atoms with Crippen molar-refractivity contribution in [2.45, 2.75) is 39.8 Å². The molecule has 1 atom stereocenters. The number of aliphatic hydroxyl groups is 1. The summed E-state index contributed by atoms with van der Waals surface area (Å²) in [5, 5.41) is 20.5. The molecule has 1 unspecified atom stereocenters. The summed E-state index contributed by atoms with van der Waals surface area (Å²) < 4.78 is 11.5. The van der Waals surface area contributed by atoms with E-state index in [9.17, 15) is 20.0 Å². The average molecular weight is 511 g/mol. The lowest BCUT2D eigenvalue weighted by Gasteiger charge is -2.25. The molecular weight excluding hydrogens is 480 g/mol. The van der Waals surface area contributed by atoms with Gasteiger partial charge in [-0.3, -0.25) is 14.5 Å². The molecule has 4 rings (SSSR count). The number of anilines is 1. The number of aliphatic hydroxyl groups excluding tert-OH is 1. The van der Waals surface area contributed by atoms with Crippen molar-refractivity contribution in [2.75, 3.05) is 11.5 Å². The van der Waals surface area contributed by atoms with Gasteiger partial charge < -0.3 is 14.6 Å². The van der Waals surface area contributed by atoms with E-state index < -0.39 is 17.7 Å². The van der Waals surface area contributed by atoms with Gasteiger partial charge in [0, 0.05) is 11.3 Å². The van der Waals surface area contributed by atoms with Crippen LogP contribution >= 0.6 is 0 Å². The molecule has 1 heterocycles. The van der Waals surface area contributed by atoms with Crippen molar-refractivity contribution in [1.29, 1.82) is 5.26 Å². The Morgan fingerprint density at radius 3 is 2.08 bits per heavy atom. The van der Waals surface area contributed by atoms with Gasteiger partial charge in [0.2, 0.25) is 0 Å². The summed E-state index contributed by atoms with van der Waals surface area (Å²) in [7, 11) is 0. The lowest BCUT2D eigenvalue weighted by molar-refractivity contribution is -0.132. The van der Waals surface area contributed by atoms with Gasteiger partial charge in [-0.15, -0.1) is 0 Å². The Kier molecular flexibility index (Phi) is 7.82. The highest BCUT2D eigenvalue weighted by atomic mass is 16.5. The molecule has 1 aliphatic heterocycles. The maximum Gasteiger partial charge on any atom is 0.300 e. The van der Waals surface area contributed by atoms with E-state index in [4.69, 9.17) is 9.47 Å². The number of hydrogen-bond donors (Lipinski definition) is 1. The Labute approximate surface area is 222 Å². The molecule has 0 bridgehead atoms. The predicted molar refractivity (Wildman–Crippen MR) is 145 cm³/mol. The molecule has 0 aliphatic carbocycles. The van der Waals surface area contributed by atoms with E-state index in [0.717, 1.165) is 0 Å². The van der Waals surface area contributed by atoms with Gasteiger partial charge in [-0.1, -0.05) is 26.0 Å². The third-order valence-electron chi connectivity index (χ3n) is 6.00. The van der Waals surface area contributed by atoms with Crippen molar-refractivity contribution in [2.24, 2.45) is 5.92 Å². The predicted octanol–water partition coefficient (Wildman–Crippen LogP) is 6.01. The third kappa shape index (κ3) is 5.55. The second-order valence-corrected chi connectivity index (χ2v) is 9.79. The molecule has 1 fully saturated rings. The fraction of sp³-hybridized carbons (Fsp3) is 0.258. The average Bonchev–Trinajstić information content (AvgIpc) is 3.17. The third-order valence-corrected chi connectivity index (χ3v) is 6.00. The highest BCUT2D eigenvalue weighted by molar-refractivity contribution is 6.51. The van der Waals surface area contributed by atoms with Gasteiger partial charge in [0.25, 0.3) is 11.7 Å². The van der Waals surface area contributed by atoms with Gasteiger partial charge in [-0.2, -0.15) is 5.26 Å². The summed E-state index contributed by atoms with van der Waals surface area (Å²) in [6.07, 6.45) is -0.0161. The summed E-state index contributed by atoms with van der Waals surface area (Å²) in [5.41, 5.74) is 1.87. The first-order chi connectivity index (χ1) is 18.2. The molecule has 38 heavy (non-hydrogen) atoms. The highest BCUT2D eigenvalue weighted by Gasteiger charge is 2.47. The van der Waals surface area contributed by atoms with Crippen LogP contribution in [0, 0.1) is 17.2 Å². The number of hydrogen-bond acceptors (Lipinski definition) is 6. The molecule has 0 spiro atoms. The summed E-state index contributed by atoms with van der Waals surface area (Å²) in [6.45, 7) is 8.50. The molecule has 1 N–H and O–H groups in total. The maximum atomic E-state index is 13.4. The zero-order valence-corrected chi connectivity index (χ0v) is 21.8. The van der Waals surface area contributed by atoms with E-state index >= 15 is 0 Å². The van der Waals surface area contributed by atoms with Gasteiger partial charge in [-0.25, -0.2) is 0 Å². The Balaban J connectivity index is 1.80. The van der Waals surface area contributed by atoms with Gasteiger partial charge in [0.05, 0.1) is 36.0 Å². The minimum absolute atomic E-state index is 0.0161. The van der Waals surface area contributed by atoms with Crippen LogP contribution in [0.25, 0.3) is 5.76 Å². The smallest absolute Gasteiger partial charge is 0.300 e. The van der Waals surface area contributed by atoms with Crippen LogP contribution in [0.1, 0.15) is 50.4 Å². The maximum absolute atomic E-state index is 13.4. The van der Waals surface area contributed by atoms with E-state index in [-0.39, 0.29) is 17.4 Å². The van der Waals surface area contributed by atoms with Crippen molar-refractivity contribution in [3.63, 3.8) is 0 Å². The van der Waals surface area contributed by atoms with Crippen molar-refractivity contribution in [1.82, 2.24) is 0 Å². The van der Waals surface area contributed by atoms with Crippen LogP contribution in [0.3, 0.4) is 0 Å². The number of Topliss-reactive ketones (excluding diaryl/α,β-unsaturated/α-hetero) is 1.